The first kappa shape index (κ1) is 14.9. The second kappa shape index (κ2) is 6.82. The molecule has 0 bridgehead atoms. The quantitative estimate of drug-likeness (QED) is 0.812. The van der Waals surface area contributed by atoms with Gasteiger partial charge in [-0.05, 0) is 31.5 Å². The van der Waals surface area contributed by atoms with Gasteiger partial charge < -0.3 is 10.1 Å². The number of benzene rings is 1. The number of nitrogens with one attached hydrogen (secondary N) is 1. The molecule has 0 atom stereocenters. The van der Waals surface area contributed by atoms with Crippen LogP contribution in [0.5, 0.6) is 5.75 Å². The highest BCUT2D eigenvalue weighted by atomic mass is 35.5. The molecule has 0 amide bonds. The molecule has 0 unspecified atom stereocenters. The molecule has 0 saturated carbocycles. The zero-order valence-corrected chi connectivity index (χ0v) is 12.9. The molecule has 0 fully saturated rings. The van der Waals surface area contributed by atoms with Crippen LogP contribution in [0.4, 0.5) is 5.69 Å². The van der Waals surface area contributed by atoms with Crippen molar-refractivity contribution in [2.75, 3.05) is 11.9 Å². The predicted octanol–water partition coefficient (Wildman–Crippen LogP) is 4.71. The molecule has 5 heteroatoms. The Kier molecular flexibility index (Phi) is 5.10. The summed E-state index contributed by atoms with van der Waals surface area (Å²) >= 11 is 12.0. The summed E-state index contributed by atoms with van der Waals surface area (Å²) in [6, 6.07) is 9.69. The lowest BCUT2D eigenvalue weighted by Gasteiger charge is -2.14. The Morgan fingerprint density at radius 3 is 2.70 bits per heavy atom. The van der Waals surface area contributed by atoms with Crippen LogP contribution in [0.15, 0.2) is 30.3 Å². The summed E-state index contributed by atoms with van der Waals surface area (Å²) in [6.07, 6.45) is 0. The highest BCUT2D eigenvalue weighted by Gasteiger charge is 2.09. The first-order valence-corrected chi connectivity index (χ1v) is 7.14. The van der Waals surface area contributed by atoms with E-state index in [4.69, 9.17) is 27.9 Å². The summed E-state index contributed by atoms with van der Waals surface area (Å²) in [4.78, 5) is 4.04. The molecule has 106 valence electrons. The molecule has 1 aromatic heterocycles. The normalized spacial score (nSPS) is 10.4. The number of rotatable bonds is 5. The zero-order valence-electron chi connectivity index (χ0n) is 11.4. The maximum atomic E-state index is 6.11. The third kappa shape index (κ3) is 3.56. The van der Waals surface area contributed by atoms with E-state index in [1.54, 1.807) is 6.07 Å². The van der Waals surface area contributed by atoms with Crippen molar-refractivity contribution >= 4 is 28.9 Å². The van der Waals surface area contributed by atoms with Gasteiger partial charge in [-0.2, -0.15) is 0 Å². The fourth-order valence-electron chi connectivity index (χ4n) is 1.94. The molecule has 0 saturated heterocycles. The van der Waals surface area contributed by atoms with Crippen molar-refractivity contribution in [3.63, 3.8) is 0 Å². The van der Waals surface area contributed by atoms with E-state index in [-0.39, 0.29) is 0 Å². The molecular weight excluding hydrogens is 295 g/mol. The van der Waals surface area contributed by atoms with E-state index < -0.39 is 0 Å². The highest BCUT2D eigenvalue weighted by molar-refractivity contribution is 6.34. The highest BCUT2D eigenvalue weighted by Crippen LogP contribution is 2.28. The molecule has 0 aliphatic carbocycles. The molecule has 2 aromatic rings. The number of aryl methyl sites for hydroxylation is 1. The first-order valence-electron chi connectivity index (χ1n) is 6.39. The lowest BCUT2D eigenvalue weighted by molar-refractivity contribution is 0.337. The minimum absolute atomic E-state index is 0.379. The number of ether oxygens (including phenoxy) is 1. The Balaban J connectivity index is 2.17. The second-order valence-electron chi connectivity index (χ2n) is 4.32. The van der Waals surface area contributed by atoms with E-state index in [1.807, 2.05) is 38.1 Å². The van der Waals surface area contributed by atoms with Crippen LogP contribution in [0.3, 0.4) is 0 Å². The van der Waals surface area contributed by atoms with Gasteiger partial charge >= 0.3 is 0 Å². The van der Waals surface area contributed by atoms with Gasteiger partial charge in [0.15, 0.2) is 5.15 Å². The maximum absolute atomic E-state index is 6.11. The number of para-hydroxylation sites is 1. The summed E-state index contributed by atoms with van der Waals surface area (Å²) in [5, 5.41) is 4.07. The Labute approximate surface area is 128 Å². The molecule has 0 radical (unpaired) electrons. The molecule has 0 aliphatic heterocycles. The first-order chi connectivity index (χ1) is 9.61. The van der Waals surface area contributed by atoms with E-state index in [0.29, 0.717) is 23.5 Å². The van der Waals surface area contributed by atoms with Crippen LogP contribution in [0, 0.1) is 6.92 Å². The van der Waals surface area contributed by atoms with Crippen molar-refractivity contribution in [1.29, 1.82) is 0 Å². The smallest absolute Gasteiger partial charge is 0.154 e. The Bertz CT molecular complexity index is 579. The largest absolute Gasteiger partial charge is 0.494 e. The van der Waals surface area contributed by atoms with Gasteiger partial charge in [0, 0.05) is 12.1 Å². The van der Waals surface area contributed by atoms with Crippen LogP contribution in [-0.2, 0) is 6.54 Å². The minimum atomic E-state index is 0.379. The fraction of sp³-hybridized carbons (Fsp3) is 0.267. The van der Waals surface area contributed by atoms with E-state index in [1.165, 1.54) is 0 Å². The Morgan fingerprint density at radius 2 is 2.00 bits per heavy atom. The lowest BCUT2D eigenvalue weighted by Crippen LogP contribution is -2.05. The second-order valence-corrected chi connectivity index (χ2v) is 5.07. The number of hydrogen-bond acceptors (Lipinski definition) is 3. The van der Waals surface area contributed by atoms with Gasteiger partial charge in [0.25, 0.3) is 0 Å². The third-order valence-corrected chi connectivity index (χ3v) is 3.34. The molecule has 1 aromatic carbocycles. The third-order valence-electron chi connectivity index (χ3n) is 2.87. The molecule has 2 rings (SSSR count). The van der Waals surface area contributed by atoms with Crippen molar-refractivity contribution in [2.45, 2.75) is 20.4 Å². The van der Waals surface area contributed by atoms with E-state index in [2.05, 4.69) is 10.3 Å². The number of aromatic nitrogens is 1. The van der Waals surface area contributed by atoms with E-state index in [9.17, 15) is 0 Å². The van der Waals surface area contributed by atoms with Gasteiger partial charge in [0.2, 0.25) is 0 Å². The Morgan fingerprint density at radius 1 is 1.25 bits per heavy atom. The van der Waals surface area contributed by atoms with Gasteiger partial charge in [-0.3, -0.25) is 0 Å². The number of halogens is 2. The molecule has 20 heavy (non-hydrogen) atoms. The van der Waals surface area contributed by atoms with Crippen LogP contribution < -0.4 is 10.1 Å². The standard InChI is InChI=1S/C15H16Cl2N2O/c1-3-20-12-7-5-4-6-11(12)9-18-14-10(2)8-13(16)19-15(14)17/h4-8,18H,3,9H2,1-2H3. The summed E-state index contributed by atoms with van der Waals surface area (Å²) in [5.74, 6) is 0.873. The van der Waals surface area contributed by atoms with Crippen molar-refractivity contribution in [3.05, 3.63) is 51.8 Å². The zero-order chi connectivity index (χ0) is 14.5. The summed E-state index contributed by atoms with van der Waals surface area (Å²) in [6.45, 7) is 5.16. The average molecular weight is 311 g/mol. The van der Waals surface area contributed by atoms with Crippen LogP contribution in [0.25, 0.3) is 0 Å². The minimum Gasteiger partial charge on any atom is -0.494 e. The molecule has 0 spiro atoms. The number of anilines is 1. The van der Waals surface area contributed by atoms with Gasteiger partial charge in [-0.25, -0.2) is 4.98 Å². The van der Waals surface area contributed by atoms with Crippen molar-refractivity contribution in [3.8, 4) is 5.75 Å². The monoisotopic (exact) mass is 310 g/mol. The molecular formula is C15H16Cl2N2O. The van der Waals surface area contributed by atoms with Gasteiger partial charge in [-0.1, -0.05) is 41.4 Å². The van der Waals surface area contributed by atoms with E-state index in [0.717, 1.165) is 22.6 Å². The lowest BCUT2D eigenvalue weighted by atomic mass is 10.2. The van der Waals surface area contributed by atoms with Gasteiger partial charge in [0.1, 0.15) is 10.9 Å². The molecule has 1 N–H and O–H groups in total. The molecule has 3 nitrogen and oxygen atoms in total. The number of nitrogens with zero attached hydrogens (tertiary/aromatic N) is 1. The van der Waals surface area contributed by atoms with Crippen LogP contribution >= 0.6 is 23.2 Å². The van der Waals surface area contributed by atoms with Crippen LogP contribution in [0.2, 0.25) is 10.3 Å². The Hall–Kier alpha value is -1.45. The number of hydrogen-bond donors (Lipinski definition) is 1. The van der Waals surface area contributed by atoms with Crippen LogP contribution in [0.1, 0.15) is 18.1 Å². The van der Waals surface area contributed by atoms with Crippen LogP contribution in [-0.4, -0.2) is 11.6 Å². The van der Waals surface area contributed by atoms with E-state index >= 15 is 0 Å². The fourth-order valence-corrected chi connectivity index (χ4v) is 2.54. The maximum Gasteiger partial charge on any atom is 0.154 e. The molecule has 0 aliphatic rings. The number of pyridine rings is 1. The summed E-state index contributed by atoms with van der Waals surface area (Å²) in [7, 11) is 0. The van der Waals surface area contributed by atoms with Crippen molar-refractivity contribution < 1.29 is 4.74 Å². The van der Waals surface area contributed by atoms with Crippen molar-refractivity contribution in [1.82, 2.24) is 4.98 Å². The predicted molar refractivity (Wildman–Crippen MR) is 83.9 cm³/mol. The molecule has 1 heterocycles. The van der Waals surface area contributed by atoms with Gasteiger partial charge in [0.05, 0.1) is 12.3 Å². The van der Waals surface area contributed by atoms with Crippen molar-refractivity contribution in [2.24, 2.45) is 0 Å². The average Bonchev–Trinajstić information content (AvgIpc) is 2.39. The SMILES string of the molecule is CCOc1ccccc1CNc1c(C)cc(Cl)nc1Cl. The summed E-state index contributed by atoms with van der Waals surface area (Å²) in [5.41, 5.74) is 2.83. The van der Waals surface area contributed by atoms with Gasteiger partial charge in [-0.15, -0.1) is 0 Å². The summed E-state index contributed by atoms with van der Waals surface area (Å²) < 4.78 is 5.60. The topological polar surface area (TPSA) is 34.1 Å².